The van der Waals surface area contributed by atoms with Gasteiger partial charge in [-0.25, -0.2) is 4.98 Å². The summed E-state index contributed by atoms with van der Waals surface area (Å²) >= 11 is 0. The third-order valence-corrected chi connectivity index (χ3v) is 6.02. The van der Waals surface area contributed by atoms with Crippen LogP contribution in [0.25, 0.3) is 16.9 Å². The second kappa shape index (κ2) is 11.9. The monoisotopic (exact) mass is 510 g/mol. The molecule has 4 aromatic rings. The Bertz CT molecular complexity index is 1450. The molecular weight excluding hydrogens is 480 g/mol. The van der Waals surface area contributed by atoms with Gasteiger partial charge in [0.2, 0.25) is 11.9 Å². The molecule has 0 saturated heterocycles. The highest BCUT2D eigenvalue weighted by molar-refractivity contribution is 6.00. The Kier molecular flexibility index (Phi) is 8.23. The lowest BCUT2D eigenvalue weighted by atomic mass is 10.1. The molecule has 0 aliphatic heterocycles. The number of hydrogen-bond acceptors (Lipinski definition) is 5. The SMILES string of the molecule is C=CCN(CC(=O)Nc1nc(-c2ccccc2)cn1-c1ccc(OC)c(OC)c1)C(=O)c1ccccc1C. The first-order valence-electron chi connectivity index (χ1n) is 12.1. The normalized spacial score (nSPS) is 10.5. The number of amides is 2. The van der Waals surface area contributed by atoms with Crippen molar-refractivity contribution < 1.29 is 19.1 Å². The minimum Gasteiger partial charge on any atom is -0.493 e. The molecule has 0 bridgehead atoms. The van der Waals surface area contributed by atoms with Crippen molar-refractivity contribution in [2.75, 3.05) is 32.6 Å². The number of nitrogens with one attached hydrogen (secondary N) is 1. The van der Waals surface area contributed by atoms with Gasteiger partial charge in [0.15, 0.2) is 11.5 Å². The van der Waals surface area contributed by atoms with E-state index in [4.69, 9.17) is 14.5 Å². The molecule has 4 rings (SSSR count). The molecule has 194 valence electrons. The zero-order valence-electron chi connectivity index (χ0n) is 21.7. The Morgan fingerprint density at radius 1 is 1.00 bits per heavy atom. The van der Waals surface area contributed by atoms with Crippen molar-refractivity contribution in [2.45, 2.75) is 6.92 Å². The fourth-order valence-corrected chi connectivity index (χ4v) is 4.08. The van der Waals surface area contributed by atoms with Crippen molar-refractivity contribution in [1.29, 1.82) is 0 Å². The molecule has 0 aliphatic rings. The van der Waals surface area contributed by atoms with Crippen LogP contribution < -0.4 is 14.8 Å². The molecule has 1 N–H and O–H groups in total. The number of aromatic nitrogens is 2. The van der Waals surface area contributed by atoms with Crippen molar-refractivity contribution in [2.24, 2.45) is 0 Å². The van der Waals surface area contributed by atoms with Gasteiger partial charge in [0.05, 0.1) is 25.6 Å². The number of carbonyl (C=O) groups is 2. The van der Waals surface area contributed by atoms with Crippen LogP contribution in [-0.4, -0.2) is 53.6 Å². The molecule has 0 unspecified atom stereocenters. The van der Waals surface area contributed by atoms with Gasteiger partial charge in [-0.1, -0.05) is 54.6 Å². The molecule has 8 heteroatoms. The zero-order chi connectivity index (χ0) is 27.1. The van der Waals surface area contributed by atoms with E-state index in [2.05, 4.69) is 11.9 Å². The third-order valence-electron chi connectivity index (χ3n) is 6.02. The van der Waals surface area contributed by atoms with E-state index in [-0.39, 0.29) is 24.9 Å². The summed E-state index contributed by atoms with van der Waals surface area (Å²) in [5.74, 6) is 0.799. The Morgan fingerprint density at radius 2 is 1.71 bits per heavy atom. The molecular formula is C30H30N4O4. The number of aryl methyl sites for hydroxylation is 1. The van der Waals surface area contributed by atoms with Gasteiger partial charge >= 0.3 is 0 Å². The molecule has 2 amide bonds. The average Bonchev–Trinajstić information content (AvgIpc) is 3.36. The van der Waals surface area contributed by atoms with E-state index < -0.39 is 0 Å². The second-order valence-corrected chi connectivity index (χ2v) is 8.56. The van der Waals surface area contributed by atoms with Gasteiger partial charge in [0, 0.05) is 29.9 Å². The summed E-state index contributed by atoms with van der Waals surface area (Å²) in [5, 5.41) is 2.89. The number of rotatable bonds is 10. The van der Waals surface area contributed by atoms with E-state index in [1.807, 2.05) is 61.7 Å². The second-order valence-electron chi connectivity index (χ2n) is 8.56. The maximum absolute atomic E-state index is 13.2. The topological polar surface area (TPSA) is 85.7 Å². The number of ether oxygens (including phenoxy) is 2. The lowest BCUT2D eigenvalue weighted by Crippen LogP contribution is -2.38. The van der Waals surface area contributed by atoms with Gasteiger partial charge in [0.1, 0.15) is 6.54 Å². The highest BCUT2D eigenvalue weighted by Gasteiger charge is 2.21. The predicted molar refractivity (Wildman–Crippen MR) is 148 cm³/mol. The minimum atomic E-state index is -0.388. The zero-order valence-corrected chi connectivity index (χ0v) is 21.7. The van der Waals surface area contributed by atoms with Crippen LogP contribution in [0.4, 0.5) is 5.95 Å². The fourth-order valence-electron chi connectivity index (χ4n) is 4.08. The summed E-state index contributed by atoms with van der Waals surface area (Å²) in [6, 6.07) is 22.4. The largest absolute Gasteiger partial charge is 0.493 e. The van der Waals surface area contributed by atoms with E-state index in [0.29, 0.717) is 34.4 Å². The number of anilines is 1. The molecule has 0 spiro atoms. The summed E-state index contributed by atoms with van der Waals surface area (Å²) in [7, 11) is 3.13. The molecule has 1 aromatic heterocycles. The third kappa shape index (κ3) is 5.75. The lowest BCUT2D eigenvalue weighted by molar-refractivity contribution is -0.116. The summed E-state index contributed by atoms with van der Waals surface area (Å²) < 4.78 is 12.6. The van der Waals surface area contributed by atoms with Crippen LogP contribution in [0.3, 0.4) is 0 Å². The number of hydrogen-bond donors (Lipinski definition) is 1. The Balaban J connectivity index is 1.66. The standard InChI is InChI=1S/C30H30N4O4/c1-5-17-33(29(36)24-14-10-9-11-21(24)2)20-28(35)32-30-31-25(22-12-7-6-8-13-22)19-34(30)23-15-16-26(37-3)27(18-23)38-4/h5-16,18-19H,1,17,20H2,2-4H3,(H,31,32,35). The van der Waals surface area contributed by atoms with Gasteiger partial charge in [-0.2, -0.15) is 0 Å². The van der Waals surface area contributed by atoms with Crippen LogP contribution in [0, 0.1) is 6.92 Å². The van der Waals surface area contributed by atoms with Gasteiger partial charge < -0.3 is 14.4 Å². The van der Waals surface area contributed by atoms with Crippen LogP contribution in [0.5, 0.6) is 11.5 Å². The van der Waals surface area contributed by atoms with Crippen LogP contribution >= 0.6 is 0 Å². The lowest BCUT2D eigenvalue weighted by Gasteiger charge is -2.21. The highest BCUT2D eigenvalue weighted by atomic mass is 16.5. The Morgan fingerprint density at radius 3 is 2.39 bits per heavy atom. The van der Waals surface area contributed by atoms with E-state index in [9.17, 15) is 9.59 Å². The predicted octanol–water partition coefficient (Wildman–Crippen LogP) is 5.13. The molecule has 1 heterocycles. The van der Waals surface area contributed by atoms with Crippen molar-refractivity contribution in [1.82, 2.24) is 14.5 Å². The van der Waals surface area contributed by atoms with Crippen molar-refractivity contribution in [3.05, 3.63) is 103 Å². The maximum atomic E-state index is 13.2. The van der Waals surface area contributed by atoms with E-state index in [1.165, 1.54) is 4.90 Å². The van der Waals surface area contributed by atoms with Crippen LogP contribution in [-0.2, 0) is 4.79 Å². The number of benzene rings is 3. The average molecular weight is 511 g/mol. The Hall–Kier alpha value is -4.85. The minimum absolute atomic E-state index is 0.168. The molecule has 0 atom stereocenters. The van der Waals surface area contributed by atoms with Gasteiger partial charge in [-0.15, -0.1) is 6.58 Å². The van der Waals surface area contributed by atoms with Gasteiger partial charge in [0.25, 0.3) is 5.91 Å². The summed E-state index contributed by atoms with van der Waals surface area (Å²) in [5.41, 5.74) is 3.66. The van der Waals surface area contributed by atoms with E-state index in [1.54, 1.807) is 49.1 Å². The van der Waals surface area contributed by atoms with E-state index >= 15 is 0 Å². The molecule has 0 saturated carbocycles. The molecule has 0 radical (unpaired) electrons. The van der Waals surface area contributed by atoms with Gasteiger partial charge in [-0.05, 0) is 30.7 Å². The van der Waals surface area contributed by atoms with Crippen LogP contribution in [0.1, 0.15) is 15.9 Å². The first kappa shape index (κ1) is 26.2. The van der Waals surface area contributed by atoms with Crippen LogP contribution in [0.15, 0.2) is 91.6 Å². The van der Waals surface area contributed by atoms with Crippen LogP contribution in [0.2, 0.25) is 0 Å². The summed E-state index contributed by atoms with van der Waals surface area (Å²) in [6.07, 6.45) is 3.44. The van der Waals surface area contributed by atoms with Gasteiger partial charge in [-0.3, -0.25) is 19.5 Å². The van der Waals surface area contributed by atoms with Crippen molar-refractivity contribution >= 4 is 17.8 Å². The first-order valence-corrected chi connectivity index (χ1v) is 12.1. The summed E-state index contributed by atoms with van der Waals surface area (Å²) in [4.78, 5) is 32.6. The highest BCUT2D eigenvalue weighted by Crippen LogP contribution is 2.31. The number of nitrogens with zero attached hydrogens (tertiary/aromatic N) is 3. The smallest absolute Gasteiger partial charge is 0.254 e. The molecule has 0 fully saturated rings. The molecule has 0 aliphatic carbocycles. The van der Waals surface area contributed by atoms with E-state index in [0.717, 1.165) is 11.1 Å². The fraction of sp³-hybridized carbons (Fsp3) is 0.167. The molecule has 3 aromatic carbocycles. The number of methoxy groups -OCH3 is 2. The maximum Gasteiger partial charge on any atom is 0.254 e. The number of carbonyl (C=O) groups excluding carboxylic acids is 2. The Labute approximate surface area is 222 Å². The van der Waals surface area contributed by atoms with Crippen molar-refractivity contribution in [3.63, 3.8) is 0 Å². The van der Waals surface area contributed by atoms with Crippen molar-refractivity contribution in [3.8, 4) is 28.4 Å². The number of imidazole rings is 1. The summed E-state index contributed by atoms with van der Waals surface area (Å²) in [6.45, 7) is 5.67. The first-order chi connectivity index (χ1) is 18.4. The quantitative estimate of drug-likeness (QED) is 0.299. The molecule has 8 nitrogen and oxygen atoms in total. The molecule has 38 heavy (non-hydrogen) atoms.